The van der Waals surface area contributed by atoms with Crippen LogP contribution in [0.1, 0.15) is 5.56 Å². The average Bonchev–Trinajstić information content (AvgIpc) is 2.29. The fourth-order valence-electron chi connectivity index (χ4n) is 1.32. The molecule has 0 aliphatic carbocycles. The topological polar surface area (TPSA) is 27.7 Å². The van der Waals surface area contributed by atoms with E-state index in [0.29, 0.717) is 6.04 Å². The molecular formula is C10H15IO3Si. The van der Waals surface area contributed by atoms with Crippen molar-refractivity contribution in [3.63, 3.8) is 0 Å². The molecule has 0 atom stereocenters. The number of rotatable bonds is 5. The van der Waals surface area contributed by atoms with Crippen molar-refractivity contribution in [2.45, 2.75) is 6.04 Å². The Morgan fingerprint density at radius 3 is 1.87 bits per heavy atom. The normalized spacial score (nSPS) is 11.7. The third-order valence-electron chi connectivity index (χ3n) is 2.27. The quantitative estimate of drug-likeness (QED) is 0.609. The van der Waals surface area contributed by atoms with Crippen LogP contribution in [0.3, 0.4) is 0 Å². The summed E-state index contributed by atoms with van der Waals surface area (Å²) >= 11 is 2.28. The molecular weight excluding hydrogens is 323 g/mol. The summed E-state index contributed by atoms with van der Waals surface area (Å²) in [7, 11) is 2.41. The van der Waals surface area contributed by atoms with Crippen molar-refractivity contribution >= 4 is 31.4 Å². The minimum absolute atomic E-state index is 0.702. The van der Waals surface area contributed by atoms with Crippen LogP contribution < -0.4 is 0 Å². The summed E-state index contributed by atoms with van der Waals surface area (Å²) < 4.78 is 17.3. The highest BCUT2D eigenvalue weighted by atomic mass is 127. The SMILES string of the molecule is CO[Si](Cc1ccc(I)cc1)(OC)OC. The van der Waals surface area contributed by atoms with E-state index in [1.807, 2.05) is 0 Å². The van der Waals surface area contributed by atoms with Crippen LogP contribution in [0.15, 0.2) is 24.3 Å². The molecule has 0 fully saturated rings. The smallest absolute Gasteiger partial charge is 0.377 e. The summed E-state index contributed by atoms with van der Waals surface area (Å²) in [6.45, 7) is 0. The van der Waals surface area contributed by atoms with E-state index in [1.165, 1.54) is 9.13 Å². The summed E-state index contributed by atoms with van der Waals surface area (Å²) in [5.41, 5.74) is 1.17. The van der Waals surface area contributed by atoms with Crippen LogP contribution in [0.25, 0.3) is 0 Å². The molecule has 0 unspecified atom stereocenters. The largest absolute Gasteiger partial charge is 0.504 e. The van der Waals surface area contributed by atoms with Crippen LogP contribution in [-0.2, 0) is 19.3 Å². The van der Waals surface area contributed by atoms with E-state index in [-0.39, 0.29) is 0 Å². The molecule has 0 saturated heterocycles. The van der Waals surface area contributed by atoms with E-state index in [2.05, 4.69) is 46.9 Å². The van der Waals surface area contributed by atoms with Crippen molar-refractivity contribution in [2.24, 2.45) is 0 Å². The molecule has 0 aromatic heterocycles. The third-order valence-corrected chi connectivity index (χ3v) is 5.69. The van der Waals surface area contributed by atoms with E-state index < -0.39 is 8.80 Å². The van der Waals surface area contributed by atoms with Crippen molar-refractivity contribution in [3.8, 4) is 0 Å². The van der Waals surface area contributed by atoms with Gasteiger partial charge in [0.2, 0.25) is 0 Å². The zero-order valence-electron chi connectivity index (χ0n) is 9.12. The average molecular weight is 338 g/mol. The van der Waals surface area contributed by atoms with E-state index in [0.717, 1.165) is 0 Å². The predicted octanol–water partition coefficient (Wildman–Crippen LogP) is 2.25. The molecule has 0 spiro atoms. The van der Waals surface area contributed by atoms with Gasteiger partial charge in [0, 0.05) is 30.9 Å². The minimum Gasteiger partial charge on any atom is -0.377 e. The van der Waals surface area contributed by atoms with Crippen molar-refractivity contribution in [2.75, 3.05) is 21.3 Å². The molecule has 1 aromatic carbocycles. The Hall–Kier alpha value is 0.0469. The highest BCUT2D eigenvalue weighted by Crippen LogP contribution is 2.15. The van der Waals surface area contributed by atoms with Crippen LogP contribution in [0.5, 0.6) is 0 Å². The maximum atomic E-state index is 5.36. The Bertz CT molecular complexity index is 290. The van der Waals surface area contributed by atoms with Gasteiger partial charge in [-0.2, -0.15) is 0 Å². The second kappa shape index (κ2) is 5.95. The molecule has 5 heteroatoms. The van der Waals surface area contributed by atoms with Gasteiger partial charge in [-0.1, -0.05) is 12.1 Å². The van der Waals surface area contributed by atoms with E-state index >= 15 is 0 Å². The van der Waals surface area contributed by atoms with Gasteiger partial charge in [-0.05, 0) is 40.3 Å². The Morgan fingerprint density at radius 1 is 1.00 bits per heavy atom. The first-order chi connectivity index (χ1) is 7.15. The predicted molar refractivity (Wildman–Crippen MR) is 69.6 cm³/mol. The lowest BCUT2D eigenvalue weighted by Gasteiger charge is -2.24. The van der Waals surface area contributed by atoms with E-state index in [4.69, 9.17) is 13.3 Å². The zero-order chi connectivity index (χ0) is 11.3. The van der Waals surface area contributed by atoms with Crippen molar-refractivity contribution in [1.82, 2.24) is 0 Å². The van der Waals surface area contributed by atoms with Gasteiger partial charge in [0.25, 0.3) is 0 Å². The third kappa shape index (κ3) is 3.53. The van der Waals surface area contributed by atoms with Crippen molar-refractivity contribution in [3.05, 3.63) is 33.4 Å². The van der Waals surface area contributed by atoms with E-state index in [1.54, 1.807) is 21.3 Å². The van der Waals surface area contributed by atoms with Crippen LogP contribution >= 0.6 is 22.6 Å². The Labute approximate surface area is 105 Å². The standard InChI is InChI=1S/C10H15IO3Si/c1-12-15(13-2,14-3)8-9-4-6-10(11)7-5-9/h4-7H,8H2,1-3H3. The Balaban J connectivity index is 2.78. The molecule has 1 aromatic rings. The van der Waals surface area contributed by atoms with E-state index in [9.17, 15) is 0 Å². The lowest BCUT2D eigenvalue weighted by atomic mass is 10.2. The van der Waals surface area contributed by atoms with Crippen LogP contribution in [0, 0.1) is 3.57 Å². The van der Waals surface area contributed by atoms with Gasteiger partial charge in [0.1, 0.15) is 0 Å². The second-order valence-electron chi connectivity index (χ2n) is 3.10. The number of halogens is 1. The Kier molecular flexibility index (Phi) is 5.20. The zero-order valence-corrected chi connectivity index (χ0v) is 12.3. The molecule has 0 amide bonds. The van der Waals surface area contributed by atoms with Crippen LogP contribution in [0.2, 0.25) is 0 Å². The Morgan fingerprint density at radius 2 is 1.47 bits per heavy atom. The van der Waals surface area contributed by atoms with Gasteiger partial charge >= 0.3 is 8.80 Å². The summed E-state index contributed by atoms with van der Waals surface area (Å²) in [6.07, 6.45) is 0. The molecule has 0 radical (unpaired) electrons. The summed E-state index contributed by atoms with van der Waals surface area (Å²) in [6, 6.07) is 8.97. The fraction of sp³-hybridized carbons (Fsp3) is 0.400. The van der Waals surface area contributed by atoms with Gasteiger partial charge in [-0.15, -0.1) is 0 Å². The maximum absolute atomic E-state index is 5.36. The number of hydrogen-bond donors (Lipinski definition) is 0. The second-order valence-corrected chi connectivity index (χ2v) is 7.29. The molecule has 0 saturated carbocycles. The van der Waals surface area contributed by atoms with Gasteiger partial charge in [0.15, 0.2) is 0 Å². The molecule has 0 heterocycles. The van der Waals surface area contributed by atoms with Crippen LogP contribution in [0.4, 0.5) is 0 Å². The lowest BCUT2D eigenvalue weighted by molar-refractivity contribution is 0.122. The molecule has 0 bridgehead atoms. The summed E-state index contributed by atoms with van der Waals surface area (Å²) in [5, 5.41) is 0. The maximum Gasteiger partial charge on any atom is 0.504 e. The molecule has 84 valence electrons. The summed E-state index contributed by atoms with van der Waals surface area (Å²) in [4.78, 5) is 0. The first-order valence-corrected chi connectivity index (χ1v) is 7.57. The van der Waals surface area contributed by atoms with Gasteiger partial charge in [-0.25, -0.2) is 0 Å². The molecule has 3 nitrogen and oxygen atoms in total. The van der Waals surface area contributed by atoms with Crippen LogP contribution in [-0.4, -0.2) is 30.1 Å². The van der Waals surface area contributed by atoms with Gasteiger partial charge in [-0.3, -0.25) is 0 Å². The molecule has 15 heavy (non-hydrogen) atoms. The highest BCUT2D eigenvalue weighted by Gasteiger charge is 2.37. The van der Waals surface area contributed by atoms with Gasteiger partial charge in [0.05, 0.1) is 0 Å². The molecule has 0 aliphatic heterocycles. The van der Waals surface area contributed by atoms with Crippen molar-refractivity contribution < 1.29 is 13.3 Å². The molecule has 1 rings (SSSR count). The fourth-order valence-corrected chi connectivity index (χ4v) is 3.35. The first kappa shape index (κ1) is 13.1. The monoisotopic (exact) mass is 338 g/mol. The first-order valence-electron chi connectivity index (χ1n) is 4.55. The molecule has 0 N–H and O–H groups in total. The number of benzene rings is 1. The molecule has 0 aliphatic rings. The van der Waals surface area contributed by atoms with Crippen molar-refractivity contribution in [1.29, 1.82) is 0 Å². The minimum atomic E-state index is -2.48. The lowest BCUT2D eigenvalue weighted by Crippen LogP contribution is -2.45. The van der Waals surface area contributed by atoms with Gasteiger partial charge < -0.3 is 13.3 Å². The summed E-state index contributed by atoms with van der Waals surface area (Å²) in [5.74, 6) is 0. The highest BCUT2D eigenvalue weighted by molar-refractivity contribution is 14.1. The number of hydrogen-bond acceptors (Lipinski definition) is 3.